The Morgan fingerprint density at radius 2 is 1.69 bits per heavy atom. The molecule has 1 aliphatic rings. The van der Waals surface area contributed by atoms with Gasteiger partial charge in [0.2, 0.25) is 5.76 Å². The van der Waals surface area contributed by atoms with E-state index in [1.165, 1.54) is 18.2 Å². The van der Waals surface area contributed by atoms with Crippen LogP contribution in [0.5, 0.6) is 11.5 Å². The molecule has 0 saturated heterocycles. The summed E-state index contributed by atoms with van der Waals surface area (Å²) in [6, 6.07) is 12.5. The number of nitrogens with zero attached hydrogens (tertiary/aromatic N) is 1. The molecule has 7 nitrogen and oxygen atoms in total. The number of esters is 1. The SMILES string of the molecule is COc1cc2c(cc1OC)CN(C(=O)COC(=O)c1ccc(-c3ccc(F)cc3)o1)CC2. The summed E-state index contributed by atoms with van der Waals surface area (Å²) in [5, 5.41) is 0. The second-order valence-corrected chi connectivity index (χ2v) is 7.29. The van der Waals surface area contributed by atoms with E-state index in [0.717, 1.165) is 11.1 Å². The van der Waals surface area contributed by atoms with Gasteiger partial charge in [0.25, 0.3) is 5.91 Å². The van der Waals surface area contributed by atoms with E-state index in [9.17, 15) is 14.0 Å². The Morgan fingerprint density at radius 3 is 2.38 bits per heavy atom. The van der Waals surface area contributed by atoms with Gasteiger partial charge in [-0.25, -0.2) is 9.18 Å². The van der Waals surface area contributed by atoms with Gasteiger partial charge in [-0.3, -0.25) is 4.79 Å². The van der Waals surface area contributed by atoms with Crippen LogP contribution in [0.1, 0.15) is 21.7 Å². The first-order chi connectivity index (χ1) is 15.5. The molecule has 1 aromatic heterocycles. The van der Waals surface area contributed by atoms with Crippen LogP contribution in [0.15, 0.2) is 52.9 Å². The fraction of sp³-hybridized carbons (Fsp3) is 0.250. The second kappa shape index (κ2) is 9.13. The number of methoxy groups -OCH3 is 2. The Bertz CT molecular complexity index is 1140. The van der Waals surface area contributed by atoms with Gasteiger partial charge in [-0.15, -0.1) is 0 Å². The average Bonchev–Trinajstić information content (AvgIpc) is 3.31. The van der Waals surface area contributed by atoms with E-state index in [1.54, 1.807) is 37.3 Å². The number of ether oxygens (including phenoxy) is 3. The molecule has 0 saturated carbocycles. The zero-order valence-corrected chi connectivity index (χ0v) is 17.7. The molecule has 0 radical (unpaired) electrons. The topological polar surface area (TPSA) is 78.2 Å². The predicted molar refractivity (Wildman–Crippen MR) is 113 cm³/mol. The molecule has 1 amide bonds. The molecule has 8 heteroatoms. The van der Waals surface area contributed by atoms with E-state index < -0.39 is 12.6 Å². The molecular weight excluding hydrogens is 417 g/mol. The summed E-state index contributed by atoms with van der Waals surface area (Å²) in [6.45, 7) is 0.504. The molecule has 1 aliphatic heterocycles. The standard InChI is InChI=1S/C24H22FNO6/c1-29-21-11-16-9-10-26(13-17(16)12-22(21)30-2)23(27)14-31-24(28)20-8-7-19(32-20)15-3-5-18(25)6-4-15/h3-8,11-12H,9-10,13-14H2,1-2H3. The van der Waals surface area contributed by atoms with Crippen LogP contribution in [-0.2, 0) is 22.5 Å². The number of furan rings is 1. The Hall–Kier alpha value is -3.81. The minimum absolute atomic E-state index is 0.0297. The number of amides is 1. The van der Waals surface area contributed by atoms with Gasteiger partial charge in [0.1, 0.15) is 11.6 Å². The largest absolute Gasteiger partial charge is 0.493 e. The van der Waals surface area contributed by atoms with Crippen LogP contribution in [-0.4, -0.2) is 44.1 Å². The molecular formula is C24H22FNO6. The third-order valence-electron chi connectivity index (χ3n) is 5.33. The van der Waals surface area contributed by atoms with Gasteiger partial charge in [-0.1, -0.05) is 0 Å². The monoisotopic (exact) mass is 439 g/mol. The van der Waals surface area contributed by atoms with Crippen molar-refractivity contribution in [2.45, 2.75) is 13.0 Å². The minimum Gasteiger partial charge on any atom is -0.493 e. The van der Waals surface area contributed by atoms with Crippen LogP contribution >= 0.6 is 0 Å². The molecule has 32 heavy (non-hydrogen) atoms. The van der Waals surface area contributed by atoms with Crippen molar-refractivity contribution < 1.29 is 32.6 Å². The number of halogens is 1. The maximum atomic E-state index is 13.1. The molecule has 3 aromatic rings. The highest BCUT2D eigenvalue weighted by Crippen LogP contribution is 2.33. The Labute approximate surface area is 184 Å². The first-order valence-corrected chi connectivity index (χ1v) is 10.0. The van der Waals surface area contributed by atoms with Crippen LogP contribution in [0.2, 0.25) is 0 Å². The van der Waals surface area contributed by atoms with Gasteiger partial charge < -0.3 is 23.5 Å². The lowest BCUT2D eigenvalue weighted by molar-refractivity contribution is -0.135. The van der Waals surface area contributed by atoms with Crippen molar-refractivity contribution in [3.8, 4) is 22.8 Å². The molecule has 0 atom stereocenters. The van der Waals surface area contributed by atoms with Crippen LogP contribution in [0, 0.1) is 5.82 Å². The highest BCUT2D eigenvalue weighted by atomic mass is 19.1. The Kier molecular flexibility index (Phi) is 6.11. The van der Waals surface area contributed by atoms with Gasteiger partial charge in [0.15, 0.2) is 18.1 Å². The quantitative estimate of drug-likeness (QED) is 0.543. The summed E-state index contributed by atoms with van der Waals surface area (Å²) >= 11 is 0. The fourth-order valence-electron chi connectivity index (χ4n) is 3.60. The van der Waals surface area contributed by atoms with Crippen molar-refractivity contribution in [2.24, 2.45) is 0 Å². The smallest absolute Gasteiger partial charge is 0.374 e. The molecule has 166 valence electrons. The maximum Gasteiger partial charge on any atom is 0.374 e. The molecule has 0 fully saturated rings. The van der Waals surface area contributed by atoms with E-state index in [2.05, 4.69) is 0 Å². The van der Waals surface area contributed by atoms with Crippen molar-refractivity contribution in [3.63, 3.8) is 0 Å². The number of fused-ring (bicyclic) bond motifs is 1. The van der Waals surface area contributed by atoms with Crippen molar-refractivity contribution >= 4 is 11.9 Å². The van der Waals surface area contributed by atoms with Crippen molar-refractivity contribution in [1.82, 2.24) is 4.90 Å². The molecule has 4 rings (SSSR count). The van der Waals surface area contributed by atoms with E-state index in [4.69, 9.17) is 18.6 Å². The summed E-state index contributed by atoms with van der Waals surface area (Å²) in [7, 11) is 3.14. The second-order valence-electron chi connectivity index (χ2n) is 7.29. The summed E-state index contributed by atoms with van der Waals surface area (Å²) < 4.78 is 34.4. The van der Waals surface area contributed by atoms with E-state index >= 15 is 0 Å². The Morgan fingerprint density at radius 1 is 1.00 bits per heavy atom. The highest BCUT2D eigenvalue weighted by Gasteiger charge is 2.24. The number of rotatable bonds is 6. The van der Waals surface area contributed by atoms with Gasteiger partial charge >= 0.3 is 5.97 Å². The average molecular weight is 439 g/mol. The summed E-state index contributed by atoms with van der Waals surface area (Å²) in [6.07, 6.45) is 0.661. The molecule has 2 aromatic carbocycles. The third-order valence-corrected chi connectivity index (χ3v) is 5.33. The van der Waals surface area contributed by atoms with Crippen LogP contribution in [0.4, 0.5) is 4.39 Å². The number of benzene rings is 2. The first-order valence-electron chi connectivity index (χ1n) is 10.0. The number of hydrogen-bond acceptors (Lipinski definition) is 6. The predicted octanol–water partition coefficient (Wildman–Crippen LogP) is 3.84. The maximum absolute atomic E-state index is 13.1. The third kappa shape index (κ3) is 4.44. The van der Waals surface area contributed by atoms with Gasteiger partial charge in [0.05, 0.1) is 14.2 Å². The van der Waals surface area contributed by atoms with Gasteiger partial charge in [-0.2, -0.15) is 0 Å². The summed E-state index contributed by atoms with van der Waals surface area (Å²) in [5.41, 5.74) is 2.68. The molecule has 0 aliphatic carbocycles. The fourth-order valence-corrected chi connectivity index (χ4v) is 3.60. The lowest BCUT2D eigenvalue weighted by Crippen LogP contribution is -2.38. The number of carbonyl (C=O) groups excluding carboxylic acids is 2. The van der Waals surface area contributed by atoms with Crippen LogP contribution < -0.4 is 9.47 Å². The Balaban J connectivity index is 1.36. The zero-order valence-electron chi connectivity index (χ0n) is 17.7. The van der Waals surface area contributed by atoms with E-state index in [1.807, 2.05) is 12.1 Å². The van der Waals surface area contributed by atoms with Gasteiger partial charge in [0, 0.05) is 18.7 Å². The highest BCUT2D eigenvalue weighted by molar-refractivity contribution is 5.89. The number of carbonyl (C=O) groups is 2. The lowest BCUT2D eigenvalue weighted by Gasteiger charge is -2.29. The summed E-state index contributed by atoms with van der Waals surface area (Å²) in [5.74, 6) is 0.217. The van der Waals surface area contributed by atoms with Gasteiger partial charge in [-0.05, 0) is 66.1 Å². The molecule has 2 heterocycles. The molecule has 0 unspecified atom stereocenters. The van der Waals surface area contributed by atoms with Crippen LogP contribution in [0.3, 0.4) is 0 Å². The van der Waals surface area contributed by atoms with Crippen molar-refractivity contribution in [2.75, 3.05) is 27.4 Å². The van der Waals surface area contributed by atoms with Crippen molar-refractivity contribution in [1.29, 1.82) is 0 Å². The first kappa shape index (κ1) is 21.4. The molecule has 0 N–H and O–H groups in total. The zero-order chi connectivity index (χ0) is 22.7. The van der Waals surface area contributed by atoms with Crippen LogP contribution in [0.25, 0.3) is 11.3 Å². The summed E-state index contributed by atoms with van der Waals surface area (Å²) in [4.78, 5) is 26.5. The normalized spacial score (nSPS) is 12.8. The molecule has 0 bridgehead atoms. The lowest BCUT2D eigenvalue weighted by atomic mass is 9.99. The van der Waals surface area contributed by atoms with E-state index in [0.29, 0.717) is 42.3 Å². The minimum atomic E-state index is -0.740. The van der Waals surface area contributed by atoms with Crippen molar-refractivity contribution in [3.05, 3.63) is 71.2 Å². The van der Waals surface area contributed by atoms with E-state index in [-0.39, 0.29) is 17.5 Å². The molecule has 0 spiro atoms. The number of hydrogen-bond donors (Lipinski definition) is 0.